The van der Waals surface area contributed by atoms with Crippen LogP contribution < -0.4 is 15.9 Å². The van der Waals surface area contributed by atoms with Crippen LogP contribution in [0, 0.1) is 0 Å². The molecule has 0 spiro atoms. The molecule has 0 atom stereocenters. The van der Waals surface area contributed by atoms with Crippen molar-refractivity contribution in [3.05, 3.63) is 87.5 Å². The van der Waals surface area contributed by atoms with Crippen molar-refractivity contribution < 1.29 is 9.90 Å². The van der Waals surface area contributed by atoms with Gasteiger partial charge in [-0.3, -0.25) is 0 Å². The van der Waals surface area contributed by atoms with E-state index in [1.165, 1.54) is 44.0 Å². The second-order valence-electron chi connectivity index (χ2n) is 13.2. The molecule has 0 bridgehead atoms. The van der Waals surface area contributed by atoms with Gasteiger partial charge in [0.15, 0.2) is 0 Å². The van der Waals surface area contributed by atoms with Gasteiger partial charge in [0.1, 0.15) is 0 Å². The van der Waals surface area contributed by atoms with Crippen LogP contribution >= 0.6 is 7.92 Å². The van der Waals surface area contributed by atoms with E-state index in [4.69, 9.17) is 0 Å². The SMILES string of the molecule is CC(C)c1cc(C(C)C)c(P(c2ccccc2C(=O)O)c2c(C(C)C)cc(C(C)C)cc2C(C)C)c(C(C)C)c1. The highest BCUT2D eigenvalue weighted by Gasteiger charge is 2.33. The van der Waals surface area contributed by atoms with Crippen LogP contribution in [-0.2, 0) is 0 Å². The zero-order valence-corrected chi connectivity index (χ0v) is 27.8. The van der Waals surface area contributed by atoms with Crippen LogP contribution in [-0.4, -0.2) is 11.1 Å². The van der Waals surface area contributed by atoms with Crippen molar-refractivity contribution in [2.45, 2.75) is 119 Å². The molecule has 0 unspecified atom stereocenters. The maximum Gasteiger partial charge on any atom is 0.336 e. The molecule has 216 valence electrons. The molecule has 2 nitrogen and oxygen atoms in total. The summed E-state index contributed by atoms with van der Waals surface area (Å²) in [5.74, 6) is 1.24. The molecule has 0 amide bonds. The molecule has 3 rings (SSSR count). The first-order valence-electron chi connectivity index (χ1n) is 15.1. The minimum Gasteiger partial charge on any atom is -0.478 e. The standard InChI is InChI=1S/C37H51O2P/c1-21(2)27-17-30(23(5)6)35(31(18-27)24(7)8)40(34-16-14-13-15-29(34)37(38)39)36-32(25(9)10)19-28(22(3)4)20-33(36)26(11)12/h13-26H,1-12H3,(H,38,39). The number of hydrogen-bond acceptors (Lipinski definition) is 1. The van der Waals surface area contributed by atoms with Crippen LogP contribution in [0.1, 0.15) is 162 Å². The van der Waals surface area contributed by atoms with Gasteiger partial charge in [-0.1, -0.05) is 126 Å². The number of carboxylic acid groups (broad SMARTS) is 1. The Morgan fingerprint density at radius 3 is 1.15 bits per heavy atom. The predicted molar refractivity (Wildman–Crippen MR) is 177 cm³/mol. The van der Waals surface area contributed by atoms with Crippen LogP contribution in [0.15, 0.2) is 48.5 Å². The van der Waals surface area contributed by atoms with Crippen molar-refractivity contribution in [2.75, 3.05) is 0 Å². The third-order valence-electron chi connectivity index (χ3n) is 8.03. The molecule has 0 aliphatic heterocycles. The van der Waals surface area contributed by atoms with Crippen molar-refractivity contribution in [3.63, 3.8) is 0 Å². The van der Waals surface area contributed by atoms with Crippen LogP contribution in [0.25, 0.3) is 0 Å². The molecule has 0 saturated carbocycles. The third-order valence-corrected chi connectivity index (χ3v) is 10.8. The maximum atomic E-state index is 12.8. The molecule has 3 heteroatoms. The average molecular weight is 559 g/mol. The van der Waals surface area contributed by atoms with Crippen LogP contribution in [0.3, 0.4) is 0 Å². The molecule has 0 aliphatic carbocycles. The van der Waals surface area contributed by atoms with Gasteiger partial charge in [0.25, 0.3) is 0 Å². The Hall–Kier alpha value is -2.44. The monoisotopic (exact) mass is 558 g/mol. The number of hydrogen-bond donors (Lipinski definition) is 1. The lowest BCUT2D eigenvalue weighted by atomic mass is 9.89. The van der Waals surface area contributed by atoms with Crippen molar-refractivity contribution >= 4 is 29.8 Å². The van der Waals surface area contributed by atoms with E-state index in [1.807, 2.05) is 12.1 Å². The van der Waals surface area contributed by atoms with E-state index in [0.29, 0.717) is 41.1 Å². The third kappa shape index (κ3) is 6.54. The first-order chi connectivity index (χ1) is 18.7. The molecule has 1 N–H and O–H groups in total. The number of rotatable bonds is 10. The van der Waals surface area contributed by atoms with Crippen molar-refractivity contribution in [1.82, 2.24) is 0 Å². The zero-order chi connectivity index (χ0) is 30.0. The highest BCUT2D eigenvalue weighted by Crippen LogP contribution is 2.45. The Labute approximate surface area is 245 Å². The Balaban J connectivity index is 2.69. The minimum atomic E-state index is -1.16. The van der Waals surface area contributed by atoms with Crippen LogP contribution in [0.2, 0.25) is 0 Å². The molecule has 3 aromatic carbocycles. The molecule has 40 heavy (non-hydrogen) atoms. The summed E-state index contributed by atoms with van der Waals surface area (Å²) in [5.41, 5.74) is 8.58. The first-order valence-corrected chi connectivity index (χ1v) is 16.5. The second kappa shape index (κ2) is 13.0. The molecule has 0 radical (unpaired) electrons. The van der Waals surface area contributed by atoms with Crippen LogP contribution in [0.5, 0.6) is 0 Å². The second-order valence-corrected chi connectivity index (χ2v) is 15.2. The molecule has 0 saturated heterocycles. The number of carboxylic acids is 1. The van der Waals surface area contributed by atoms with Gasteiger partial charge in [-0.2, -0.15) is 0 Å². The maximum absolute atomic E-state index is 12.8. The fourth-order valence-corrected chi connectivity index (χ4v) is 9.23. The van der Waals surface area contributed by atoms with Gasteiger partial charge < -0.3 is 5.11 Å². The molecule has 0 aromatic heterocycles. The largest absolute Gasteiger partial charge is 0.478 e. The summed E-state index contributed by atoms with van der Waals surface area (Å²) in [7, 11) is -1.16. The Morgan fingerprint density at radius 2 is 0.875 bits per heavy atom. The van der Waals surface area contributed by atoms with Gasteiger partial charge in [0, 0.05) is 0 Å². The van der Waals surface area contributed by atoms with Gasteiger partial charge in [-0.25, -0.2) is 4.79 Å². The zero-order valence-electron chi connectivity index (χ0n) is 26.9. The van der Waals surface area contributed by atoms with Gasteiger partial charge in [-0.05, 0) is 98.8 Å². The van der Waals surface area contributed by atoms with E-state index in [1.54, 1.807) is 6.07 Å². The lowest BCUT2D eigenvalue weighted by Crippen LogP contribution is -2.34. The summed E-state index contributed by atoms with van der Waals surface area (Å²) < 4.78 is 0. The van der Waals surface area contributed by atoms with E-state index < -0.39 is 13.9 Å². The summed E-state index contributed by atoms with van der Waals surface area (Å²) in [6.07, 6.45) is 0. The molecular weight excluding hydrogens is 507 g/mol. The molecule has 0 heterocycles. The fourth-order valence-electron chi connectivity index (χ4n) is 5.55. The van der Waals surface area contributed by atoms with Gasteiger partial charge in [-0.15, -0.1) is 0 Å². The lowest BCUT2D eigenvalue weighted by molar-refractivity contribution is 0.0698. The Morgan fingerprint density at radius 1 is 0.550 bits per heavy atom. The Kier molecular flexibility index (Phi) is 10.5. The number of aromatic carboxylic acids is 1. The lowest BCUT2D eigenvalue weighted by Gasteiger charge is -2.34. The van der Waals surface area contributed by atoms with Gasteiger partial charge in [0.05, 0.1) is 5.56 Å². The summed E-state index contributed by atoms with van der Waals surface area (Å²) in [5, 5.41) is 14.1. The van der Waals surface area contributed by atoms with Crippen molar-refractivity contribution in [1.29, 1.82) is 0 Å². The molecule has 0 fully saturated rings. The minimum absolute atomic E-state index is 0.313. The number of benzene rings is 3. The number of carbonyl (C=O) groups is 1. The predicted octanol–water partition coefficient (Wildman–Crippen LogP) is 9.88. The Bertz CT molecular complexity index is 1210. The van der Waals surface area contributed by atoms with Crippen molar-refractivity contribution in [3.8, 4) is 0 Å². The topological polar surface area (TPSA) is 37.3 Å². The van der Waals surface area contributed by atoms with Gasteiger partial charge >= 0.3 is 5.97 Å². The van der Waals surface area contributed by atoms with E-state index in [9.17, 15) is 9.90 Å². The summed E-state index contributed by atoms with van der Waals surface area (Å²) in [6.45, 7) is 27.4. The fraction of sp³-hybridized carbons (Fsp3) is 0.486. The summed E-state index contributed by atoms with van der Waals surface area (Å²) >= 11 is 0. The quantitative estimate of drug-likeness (QED) is 0.251. The summed E-state index contributed by atoms with van der Waals surface area (Å²) in [6, 6.07) is 17.4. The first kappa shape index (κ1) is 32.1. The average Bonchev–Trinajstić information content (AvgIpc) is 2.88. The van der Waals surface area contributed by atoms with E-state index in [2.05, 4.69) is 113 Å². The molecule has 0 aliphatic rings. The van der Waals surface area contributed by atoms with E-state index in [0.717, 1.165) is 5.30 Å². The van der Waals surface area contributed by atoms with E-state index >= 15 is 0 Å². The molecular formula is C37H51O2P. The smallest absolute Gasteiger partial charge is 0.336 e. The summed E-state index contributed by atoms with van der Waals surface area (Å²) in [4.78, 5) is 12.8. The van der Waals surface area contributed by atoms with Crippen molar-refractivity contribution in [2.24, 2.45) is 0 Å². The molecule has 3 aromatic rings. The highest BCUT2D eigenvalue weighted by molar-refractivity contribution is 7.80. The van der Waals surface area contributed by atoms with E-state index in [-0.39, 0.29) is 0 Å². The van der Waals surface area contributed by atoms with Gasteiger partial charge in [0.2, 0.25) is 0 Å². The van der Waals surface area contributed by atoms with Crippen LogP contribution in [0.4, 0.5) is 0 Å². The highest BCUT2D eigenvalue weighted by atomic mass is 31.1. The normalized spacial score (nSPS) is 12.3.